The molecule has 0 radical (unpaired) electrons. The highest BCUT2D eigenvalue weighted by Crippen LogP contribution is 2.36. The highest BCUT2D eigenvalue weighted by atomic mass is 32.2. The molecule has 0 saturated carbocycles. The number of ether oxygens (including phenoxy) is 1. The summed E-state index contributed by atoms with van der Waals surface area (Å²) in [7, 11) is 1.63. The molecule has 1 aromatic carbocycles. The number of piperidine rings is 1. The van der Waals surface area contributed by atoms with Crippen molar-refractivity contribution >= 4 is 50.7 Å². The van der Waals surface area contributed by atoms with Crippen LogP contribution in [-0.4, -0.2) is 50.6 Å². The summed E-state index contributed by atoms with van der Waals surface area (Å²) in [4.78, 5) is 31.5. The van der Waals surface area contributed by atoms with Crippen LogP contribution in [0.4, 0.5) is 5.13 Å². The number of hydrogen-bond donors (Lipinski definition) is 1. The fourth-order valence-electron chi connectivity index (χ4n) is 4.64. The largest absolute Gasteiger partial charge is 0.497 e. The van der Waals surface area contributed by atoms with Crippen LogP contribution in [0, 0.1) is 5.92 Å². The van der Waals surface area contributed by atoms with E-state index in [4.69, 9.17) is 17.0 Å². The number of thioether (sulfide) groups is 1. The van der Waals surface area contributed by atoms with E-state index in [9.17, 15) is 9.59 Å². The molecule has 2 bridgehead atoms. The first-order chi connectivity index (χ1) is 16.5. The van der Waals surface area contributed by atoms with Gasteiger partial charge < -0.3 is 19.5 Å². The van der Waals surface area contributed by atoms with Crippen molar-refractivity contribution in [3.05, 3.63) is 63.9 Å². The first-order valence-electron chi connectivity index (χ1n) is 11.0. The third-order valence-corrected chi connectivity index (χ3v) is 8.48. The summed E-state index contributed by atoms with van der Waals surface area (Å²) in [5.74, 6) is 1.58. The maximum absolute atomic E-state index is 12.5. The summed E-state index contributed by atoms with van der Waals surface area (Å²) in [5.41, 5.74) is 2.94. The van der Waals surface area contributed by atoms with Gasteiger partial charge in [-0.3, -0.25) is 9.59 Å². The van der Waals surface area contributed by atoms with Gasteiger partial charge in [-0.15, -0.1) is 11.3 Å². The SMILES string of the molecule is COc1ccc(-c2csc(NC(=O)CSC(=S)N3C[C@@H]4C[C@H](C3)c3cccc(=O)n3C4)n2)cc1. The van der Waals surface area contributed by atoms with Crippen LogP contribution in [0.15, 0.2) is 52.6 Å². The quantitative estimate of drug-likeness (QED) is 0.517. The lowest BCUT2D eigenvalue weighted by Gasteiger charge is -2.43. The number of amides is 1. The summed E-state index contributed by atoms with van der Waals surface area (Å²) >= 11 is 8.44. The Morgan fingerprint density at radius 3 is 2.85 bits per heavy atom. The van der Waals surface area contributed by atoms with Gasteiger partial charge in [0.15, 0.2) is 5.13 Å². The van der Waals surface area contributed by atoms with E-state index in [-0.39, 0.29) is 17.2 Å². The molecule has 0 unspecified atom stereocenters. The molecule has 176 valence electrons. The lowest BCUT2D eigenvalue weighted by Crippen LogP contribution is -2.48. The van der Waals surface area contributed by atoms with Crippen molar-refractivity contribution in [2.45, 2.75) is 18.9 Å². The Balaban J connectivity index is 1.15. The normalized spacial score (nSPS) is 18.8. The fraction of sp³-hybridized carbons (Fsp3) is 0.333. The predicted octanol–water partition coefficient (Wildman–Crippen LogP) is 4.06. The standard InChI is InChI=1S/C24H24N4O3S3/c1-31-18-7-5-16(6-8-18)19-13-33-23(25-19)26-21(29)14-34-24(32)27-10-15-9-17(12-27)20-3-2-4-22(30)28(20)11-15/h2-8,13,15,17H,9-12,14H2,1H3,(H,25,26,29)/t15-,17+/m0/s1. The number of nitrogens with zero attached hydrogens (tertiary/aromatic N) is 3. The minimum atomic E-state index is -0.128. The molecule has 2 aliphatic rings. The second-order valence-electron chi connectivity index (χ2n) is 8.47. The third kappa shape index (κ3) is 4.89. The van der Waals surface area contributed by atoms with Gasteiger partial charge in [0.2, 0.25) is 5.91 Å². The number of likely N-dealkylation sites (tertiary alicyclic amines) is 1. The number of nitrogens with one attached hydrogen (secondary N) is 1. The predicted molar refractivity (Wildman–Crippen MR) is 141 cm³/mol. The number of thiocarbonyl (C=S) groups is 1. The fourth-order valence-corrected chi connectivity index (χ4v) is 6.37. The maximum atomic E-state index is 12.5. The van der Waals surface area contributed by atoms with Gasteiger partial charge in [0.25, 0.3) is 5.56 Å². The lowest BCUT2D eigenvalue weighted by atomic mass is 9.83. The number of anilines is 1. The van der Waals surface area contributed by atoms with Crippen molar-refractivity contribution in [3.63, 3.8) is 0 Å². The highest BCUT2D eigenvalue weighted by molar-refractivity contribution is 8.23. The van der Waals surface area contributed by atoms with Crippen LogP contribution in [0.1, 0.15) is 18.0 Å². The van der Waals surface area contributed by atoms with Crippen LogP contribution in [0.2, 0.25) is 0 Å². The van der Waals surface area contributed by atoms with E-state index in [1.54, 1.807) is 13.2 Å². The van der Waals surface area contributed by atoms with Gasteiger partial charge in [0, 0.05) is 48.3 Å². The second kappa shape index (κ2) is 9.89. The first-order valence-corrected chi connectivity index (χ1v) is 13.3. The summed E-state index contributed by atoms with van der Waals surface area (Å²) in [6.45, 7) is 2.34. The van der Waals surface area contributed by atoms with E-state index in [0.29, 0.717) is 17.0 Å². The van der Waals surface area contributed by atoms with E-state index in [2.05, 4.69) is 15.2 Å². The molecule has 10 heteroatoms. The Bertz CT molecular complexity index is 1270. The van der Waals surface area contributed by atoms with Crippen molar-refractivity contribution < 1.29 is 9.53 Å². The molecular weight excluding hydrogens is 488 g/mol. The van der Waals surface area contributed by atoms with Gasteiger partial charge in [-0.25, -0.2) is 4.98 Å². The first kappa shape index (κ1) is 23.1. The van der Waals surface area contributed by atoms with E-state index in [1.807, 2.05) is 46.3 Å². The van der Waals surface area contributed by atoms with E-state index < -0.39 is 0 Å². The number of pyridine rings is 1. The Labute approximate surface area is 211 Å². The molecule has 2 atom stereocenters. The molecular formula is C24H24N4O3S3. The van der Waals surface area contributed by atoms with E-state index in [1.165, 1.54) is 23.1 Å². The molecule has 4 heterocycles. The molecule has 34 heavy (non-hydrogen) atoms. The maximum Gasteiger partial charge on any atom is 0.250 e. The number of carbonyl (C=O) groups excluding carboxylic acids is 1. The van der Waals surface area contributed by atoms with Crippen molar-refractivity contribution in [1.29, 1.82) is 0 Å². The highest BCUT2D eigenvalue weighted by Gasteiger charge is 2.35. The van der Waals surface area contributed by atoms with Crippen molar-refractivity contribution in [3.8, 4) is 17.0 Å². The van der Waals surface area contributed by atoms with Gasteiger partial charge in [0.1, 0.15) is 10.1 Å². The Morgan fingerprint density at radius 1 is 1.24 bits per heavy atom. The summed E-state index contributed by atoms with van der Waals surface area (Å²) in [5, 5.41) is 5.37. The van der Waals surface area contributed by atoms with Crippen LogP contribution >= 0.6 is 35.3 Å². The molecule has 5 rings (SSSR count). The molecule has 7 nitrogen and oxygen atoms in total. The third-order valence-electron chi connectivity index (χ3n) is 6.20. The lowest BCUT2D eigenvalue weighted by molar-refractivity contribution is -0.113. The monoisotopic (exact) mass is 512 g/mol. The van der Waals surface area contributed by atoms with Gasteiger partial charge in [-0.1, -0.05) is 30.0 Å². The minimum absolute atomic E-state index is 0.0756. The average molecular weight is 513 g/mol. The zero-order chi connectivity index (χ0) is 23.7. The number of fused-ring (bicyclic) bond motifs is 4. The van der Waals surface area contributed by atoms with Gasteiger partial charge in [0.05, 0.1) is 18.6 Å². The zero-order valence-electron chi connectivity index (χ0n) is 18.6. The Morgan fingerprint density at radius 2 is 2.06 bits per heavy atom. The van der Waals surface area contributed by atoms with Gasteiger partial charge in [-0.05, 0) is 42.7 Å². The Kier molecular flexibility index (Phi) is 6.71. The van der Waals surface area contributed by atoms with Crippen LogP contribution in [0.25, 0.3) is 11.3 Å². The number of methoxy groups -OCH3 is 1. The number of thiazole rings is 1. The molecule has 2 aromatic heterocycles. The van der Waals surface area contributed by atoms with Crippen molar-refractivity contribution in [1.82, 2.24) is 14.5 Å². The summed E-state index contributed by atoms with van der Waals surface area (Å²) in [6.07, 6.45) is 1.08. The van der Waals surface area contributed by atoms with Crippen molar-refractivity contribution in [2.24, 2.45) is 5.92 Å². The number of carbonyl (C=O) groups is 1. The second-order valence-corrected chi connectivity index (χ2v) is 10.9. The molecule has 1 fully saturated rings. The molecule has 0 aliphatic carbocycles. The molecule has 0 spiro atoms. The van der Waals surface area contributed by atoms with Crippen LogP contribution in [-0.2, 0) is 11.3 Å². The zero-order valence-corrected chi connectivity index (χ0v) is 21.0. The topological polar surface area (TPSA) is 76.5 Å². The van der Waals surface area contributed by atoms with Gasteiger partial charge >= 0.3 is 0 Å². The minimum Gasteiger partial charge on any atom is -0.497 e. The van der Waals surface area contributed by atoms with E-state index in [0.717, 1.165) is 53.1 Å². The van der Waals surface area contributed by atoms with Crippen LogP contribution < -0.4 is 15.6 Å². The number of aromatic nitrogens is 2. The average Bonchev–Trinajstić information content (AvgIpc) is 3.31. The molecule has 1 saturated heterocycles. The Hall–Kier alpha value is -2.69. The van der Waals surface area contributed by atoms with Crippen LogP contribution in [0.3, 0.4) is 0 Å². The number of hydrogen-bond acceptors (Lipinski definition) is 7. The number of rotatable bonds is 5. The summed E-state index contributed by atoms with van der Waals surface area (Å²) < 4.78 is 7.83. The molecule has 1 amide bonds. The summed E-state index contributed by atoms with van der Waals surface area (Å²) in [6, 6.07) is 13.2. The molecule has 3 aromatic rings. The number of benzene rings is 1. The molecule has 2 aliphatic heterocycles. The van der Waals surface area contributed by atoms with Crippen LogP contribution in [0.5, 0.6) is 5.75 Å². The van der Waals surface area contributed by atoms with E-state index >= 15 is 0 Å². The van der Waals surface area contributed by atoms with Gasteiger partial charge in [-0.2, -0.15) is 0 Å². The molecule has 1 N–H and O–H groups in total. The van der Waals surface area contributed by atoms with Crippen molar-refractivity contribution in [2.75, 3.05) is 31.3 Å². The smallest absolute Gasteiger partial charge is 0.250 e.